The van der Waals surface area contributed by atoms with Crippen LogP contribution in [0, 0.1) is 5.92 Å². The number of ether oxygens (including phenoxy) is 2. The van der Waals surface area contributed by atoms with E-state index >= 15 is 0 Å². The minimum atomic E-state index is -0.526. The molecule has 1 atom stereocenters. The van der Waals surface area contributed by atoms with E-state index in [4.69, 9.17) is 15.2 Å². The zero-order valence-corrected chi connectivity index (χ0v) is 12.1. The Morgan fingerprint density at radius 1 is 1.33 bits per heavy atom. The van der Waals surface area contributed by atoms with Crippen LogP contribution in [0.15, 0.2) is 0 Å². The number of methoxy groups -OCH3 is 1. The van der Waals surface area contributed by atoms with Gasteiger partial charge in [0.25, 0.3) is 0 Å². The van der Waals surface area contributed by atoms with Crippen LogP contribution in [-0.2, 0) is 14.3 Å². The van der Waals surface area contributed by atoms with Crippen molar-refractivity contribution in [1.29, 1.82) is 0 Å². The molecule has 0 saturated heterocycles. The summed E-state index contributed by atoms with van der Waals surface area (Å²) in [6.07, 6.45) is 0.620. The highest BCUT2D eigenvalue weighted by atomic mass is 16.5. The fourth-order valence-electron chi connectivity index (χ4n) is 1.72. The van der Waals surface area contributed by atoms with Crippen LogP contribution >= 0.6 is 0 Å². The van der Waals surface area contributed by atoms with Gasteiger partial charge >= 0.3 is 5.97 Å². The van der Waals surface area contributed by atoms with Gasteiger partial charge in [0.2, 0.25) is 0 Å². The lowest BCUT2D eigenvalue weighted by atomic mass is 10.1. The van der Waals surface area contributed by atoms with Gasteiger partial charge in [-0.1, -0.05) is 13.8 Å². The highest BCUT2D eigenvalue weighted by Gasteiger charge is 2.16. The van der Waals surface area contributed by atoms with Crippen LogP contribution in [0.4, 0.5) is 0 Å². The third-order valence-electron chi connectivity index (χ3n) is 2.58. The lowest BCUT2D eigenvalue weighted by Crippen LogP contribution is -2.39. The number of rotatable bonds is 10. The summed E-state index contributed by atoms with van der Waals surface area (Å²) in [5.41, 5.74) is 5.78. The summed E-state index contributed by atoms with van der Waals surface area (Å²) in [5.74, 6) is 0.273. The van der Waals surface area contributed by atoms with E-state index in [1.807, 2.05) is 0 Å². The molecule has 5 heteroatoms. The number of hydrogen-bond acceptors (Lipinski definition) is 5. The van der Waals surface area contributed by atoms with Gasteiger partial charge in [-0.3, -0.25) is 4.79 Å². The average molecular weight is 260 g/mol. The number of nitrogens with zero attached hydrogens (tertiary/aromatic N) is 1. The van der Waals surface area contributed by atoms with E-state index in [9.17, 15) is 4.79 Å². The summed E-state index contributed by atoms with van der Waals surface area (Å²) in [6.45, 7) is 9.85. The molecule has 0 rings (SSSR count). The lowest BCUT2D eigenvalue weighted by Gasteiger charge is -2.24. The minimum Gasteiger partial charge on any atom is -0.465 e. The van der Waals surface area contributed by atoms with Gasteiger partial charge in [-0.05, 0) is 19.3 Å². The molecular formula is C13H28N2O3. The zero-order valence-electron chi connectivity index (χ0n) is 12.1. The maximum absolute atomic E-state index is 11.4. The Morgan fingerprint density at radius 3 is 2.50 bits per heavy atom. The van der Waals surface area contributed by atoms with Gasteiger partial charge in [-0.15, -0.1) is 0 Å². The Labute approximate surface area is 111 Å². The van der Waals surface area contributed by atoms with Crippen LogP contribution in [0.2, 0.25) is 0 Å². The van der Waals surface area contributed by atoms with E-state index in [0.717, 1.165) is 19.6 Å². The third-order valence-corrected chi connectivity index (χ3v) is 2.58. The maximum Gasteiger partial charge on any atom is 0.322 e. The molecule has 0 aliphatic heterocycles. The molecule has 0 amide bonds. The van der Waals surface area contributed by atoms with Gasteiger partial charge < -0.3 is 20.1 Å². The normalized spacial score (nSPS) is 13.1. The topological polar surface area (TPSA) is 64.8 Å². The summed E-state index contributed by atoms with van der Waals surface area (Å²) < 4.78 is 9.97. The first-order valence-electron chi connectivity index (χ1n) is 6.64. The fourth-order valence-corrected chi connectivity index (χ4v) is 1.72. The van der Waals surface area contributed by atoms with E-state index < -0.39 is 6.04 Å². The van der Waals surface area contributed by atoms with Crippen LogP contribution < -0.4 is 5.73 Å². The summed E-state index contributed by atoms with van der Waals surface area (Å²) in [6, 6.07) is -0.526. The van der Waals surface area contributed by atoms with Crippen LogP contribution in [0.25, 0.3) is 0 Å². The Morgan fingerprint density at radius 2 is 2.00 bits per heavy atom. The van der Waals surface area contributed by atoms with Gasteiger partial charge in [0.1, 0.15) is 6.04 Å². The molecule has 0 aliphatic rings. The van der Waals surface area contributed by atoms with Crippen molar-refractivity contribution in [3.8, 4) is 0 Å². The van der Waals surface area contributed by atoms with Gasteiger partial charge in [0.15, 0.2) is 0 Å². The summed E-state index contributed by atoms with van der Waals surface area (Å²) >= 11 is 0. The zero-order chi connectivity index (χ0) is 14.0. The lowest BCUT2D eigenvalue weighted by molar-refractivity contribution is -0.144. The summed E-state index contributed by atoms with van der Waals surface area (Å²) in [7, 11) is 1.69. The summed E-state index contributed by atoms with van der Waals surface area (Å²) in [4.78, 5) is 13.7. The quantitative estimate of drug-likeness (QED) is 0.591. The second kappa shape index (κ2) is 10.3. The molecular weight excluding hydrogens is 232 g/mol. The van der Waals surface area contributed by atoms with Gasteiger partial charge in [0, 0.05) is 26.7 Å². The molecule has 0 radical (unpaired) electrons. The van der Waals surface area contributed by atoms with Crippen molar-refractivity contribution in [2.75, 3.05) is 40.0 Å². The van der Waals surface area contributed by atoms with Gasteiger partial charge in [-0.2, -0.15) is 0 Å². The van der Waals surface area contributed by atoms with Crippen molar-refractivity contribution in [2.24, 2.45) is 11.7 Å². The van der Waals surface area contributed by atoms with E-state index in [1.165, 1.54) is 0 Å². The predicted octanol–water partition coefficient (Wildman–Crippen LogP) is 0.871. The Kier molecular flexibility index (Phi) is 9.92. The monoisotopic (exact) mass is 260 g/mol. The third kappa shape index (κ3) is 8.44. The molecule has 0 bridgehead atoms. The average Bonchev–Trinajstić information content (AvgIpc) is 2.31. The number of carbonyl (C=O) groups excluding carboxylic acids is 1. The first kappa shape index (κ1) is 17.4. The van der Waals surface area contributed by atoms with E-state index in [1.54, 1.807) is 14.0 Å². The van der Waals surface area contributed by atoms with Crippen molar-refractivity contribution < 1.29 is 14.3 Å². The smallest absolute Gasteiger partial charge is 0.322 e. The van der Waals surface area contributed by atoms with Crippen LogP contribution in [-0.4, -0.2) is 56.9 Å². The maximum atomic E-state index is 11.4. The molecule has 0 fully saturated rings. The van der Waals surface area contributed by atoms with Crippen molar-refractivity contribution in [1.82, 2.24) is 4.90 Å². The van der Waals surface area contributed by atoms with Crippen LogP contribution in [0.5, 0.6) is 0 Å². The molecule has 0 aromatic rings. The van der Waals surface area contributed by atoms with Crippen LogP contribution in [0.1, 0.15) is 27.2 Å². The molecule has 5 nitrogen and oxygen atoms in total. The molecule has 0 saturated carbocycles. The first-order valence-corrected chi connectivity index (χ1v) is 6.64. The Balaban J connectivity index is 4.03. The largest absolute Gasteiger partial charge is 0.465 e. The molecule has 2 N–H and O–H groups in total. The standard InChI is InChI=1S/C13H28N2O3/c1-5-18-13(16)12(14)6-7-15(8-9-17-4)10-11(2)3/h11-12H,5-10,14H2,1-4H3. The first-order chi connectivity index (χ1) is 8.51. The minimum absolute atomic E-state index is 0.311. The number of carbonyl (C=O) groups is 1. The van der Waals surface area contributed by atoms with Gasteiger partial charge in [-0.25, -0.2) is 0 Å². The SMILES string of the molecule is CCOC(=O)C(N)CCN(CCOC)CC(C)C. The van der Waals surface area contributed by atoms with Crippen molar-refractivity contribution in [3.63, 3.8) is 0 Å². The van der Waals surface area contributed by atoms with Gasteiger partial charge in [0.05, 0.1) is 13.2 Å². The highest BCUT2D eigenvalue weighted by molar-refractivity contribution is 5.75. The Bertz CT molecular complexity index is 222. The van der Waals surface area contributed by atoms with Crippen molar-refractivity contribution in [2.45, 2.75) is 33.2 Å². The van der Waals surface area contributed by atoms with E-state index in [0.29, 0.717) is 25.6 Å². The molecule has 0 aromatic heterocycles. The fraction of sp³-hybridized carbons (Fsp3) is 0.923. The molecule has 18 heavy (non-hydrogen) atoms. The van der Waals surface area contributed by atoms with Crippen molar-refractivity contribution >= 4 is 5.97 Å². The molecule has 108 valence electrons. The molecule has 0 spiro atoms. The molecule has 0 aromatic carbocycles. The highest BCUT2D eigenvalue weighted by Crippen LogP contribution is 2.02. The predicted molar refractivity (Wildman–Crippen MR) is 72.4 cm³/mol. The number of esters is 1. The second-order valence-electron chi connectivity index (χ2n) is 4.83. The van der Waals surface area contributed by atoms with E-state index in [-0.39, 0.29) is 5.97 Å². The van der Waals surface area contributed by atoms with Crippen molar-refractivity contribution in [3.05, 3.63) is 0 Å². The molecule has 0 heterocycles. The number of nitrogens with two attached hydrogens (primary N) is 1. The van der Waals surface area contributed by atoms with Crippen LogP contribution in [0.3, 0.4) is 0 Å². The molecule has 0 aliphatic carbocycles. The second-order valence-corrected chi connectivity index (χ2v) is 4.83. The Hall–Kier alpha value is -0.650. The molecule has 1 unspecified atom stereocenters. The number of hydrogen-bond donors (Lipinski definition) is 1. The summed E-state index contributed by atoms with van der Waals surface area (Å²) in [5, 5.41) is 0. The van der Waals surface area contributed by atoms with E-state index in [2.05, 4.69) is 18.7 Å².